The van der Waals surface area contributed by atoms with Gasteiger partial charge < -0.3 is 0 Å². The number of alkyl halides is 3. The van der Waals surface area contributed by atoms with Gasteiger partial charge in [-0.15, -0.1) is 0 Å². The predicted octanol–water partition coefficient (Wildman–Crippen LogP) is 3.59. The number of hydrogen-bond donors (Lipinski definition) is 0. The van der Waals surface area contributed by atoms with E-state index in [1.807, 2.05) is 0 Å². The van der Waals surface area contributed by atoms with Gasteiger partial charge in [0.25, 0.3) is 0 Å². The molecule has 0 saturated carbocycles. The van der Waals surface area contributed by atoms with E-state index in [2.05, 4.69) is 4.40 Å². The highest BCUT2D eigenvalue weighted by atomic mass is 32.2. The maximum Gasteiger partial charge on any atom is 0.416 e. The highest BCUT2D eigenvalue weighted by Crippen LogP contribution is 2.29. The van der Waals surface area contributed by atoms with E-state index in [0.29, 0.717) is 0 Å². The van der Waals surface area contributed by atoms with Crippen molar-refractivity contribution in [3.63, 3.8) is 0 Å². The Labute approximate surface area is 107 Å². The average molecular weight is 277 g/mol. The van der Waals surface area contributed by atoms with Crippen LogP contribution in [0, 0.1) is 0 Å². The number of nitrogens with zero attached hydrogens (tertiary/aromatic N) is 1. The molecule has 0 aliphatic carbocycles. The molecule has 18 heavy (non-hydrogen) atoms. The molecule has 1 aromatic rings. The van der Waals surface area contributed by atoms with Crippen LogP contribution in [0.5, 0.6) is 0 Å². The number of halogens is 3. The molecule has 1 atom stereocenters. The minimum Gasteiger partial charge on any atom is -0.234 e. The molecule has 0 heterocycles. The normalized spacial score (nSPS) is 15.0. The highest BCUT2D eigenvalue weighted by molar-refractivity contribution is 7.85. The van der Waals surface area contributed by atoms with Gasteiger partial charge in [0.05, 0.1) is 10.3 Å². The third-order valence-electron chi connectivity index (χ3n) is 2.04. The summed E-state index contributed by atoms with van der Waals surface area (Å²) in [7, 11) is -1.48. The molecular weight excluding hydrogens is 263 g/mol. The van der Waals surface area contributed by atoms with E-state index in [1.165, 1.54) is 18.3 Å². The lowest BCUT2D eigenvalue weighted by Gasteiger charge is -2.12. The van der Waals surface area contributed by atoms with Crippen LogP contribution >= 0.6 is 0 Å². The standard InChI is InChI=1S/C12H14F3NOS/c1-11(2,3)18(17)16-8-9-5-4-6-10(7-9)12(13,14)15/h4-8H,1-3H3/t18-/m1/s1. The zero-order chi connectivity index (χ0) is 14.0. The summed E-state index contributed by atoms with van der Waals surface area (Å²) in [5.74, 6) is 0. The van der Waals surface area contributed by atoms with Crippen molar-refractivity contribution in [1.29, 1.82) is 0 Å². The molecule has 0 aliphatic rings. The lowest BCUT2D eigenvalue weighted by Crippen LogP contribution is -2.19. The quantitative estimate of drug-likeness (QED) is 0.760. The Morgan fingerprint density at radius 1 is 1.22 bits per heavy atom. The van der Waals surface area contributed by atoms with Crippen molar-refractivity contribution in [2.24, 2.45) is 4.40 Å². The summed E-state index contributed by atoms with van der Waals surface area (Å²) >= 11 is 0. The van der Waals surface area contributed by atoms with Crippen molar-refractivity contribution in [2.75, 3.05) is 0 Å². The van der Waals surface area contributed by atoms with Crippen LogP contribution in [-0.2, 0) is 17.2 Å². The summed E-state index contributed by atoms with van der Waals surface area (Å²) in [5.41, 5.74) is -0.463. The number of benzene rings is 1. The molecule has 0 amide bonds. The third-order valence-corrected chi connectivity index (χ3v) is 3.38. The summed E-state index contributed by atoms with van der Waals surface area (Å²) in [5, 5.41) is 0. The minimum absolute atomic E-state index is 0.280. The van der Waals surface area contributed by atoms with Gasteiger partial charge in [0.1, 0.15) is 11.0 Å². The highest BCUT2D eigenvalue weighted by Gasteiger charge is 2.30. The van der Waals surface area contributed by atoms with E-state index in [4.69, 9.17) is 0 Å². The monoisotopic (exact) mass is 277 g/mol. The molecule has 0 unspecified atom stereocenters. The third kappa shape index (κ3) is 4.25. The van der Waals surface area contributed by atoms with Gasteiger partial charge in [0.15, 0.2) is 0 Å². The van der Waals surface area contributed by atoms with Crippen molar-refractivity contribution in [3.05, 3.63) is 35.4 Å². The first kappa shape index (κ1) is 14.9. The van der Waals surface area contributed by atoms with Crippen molar-refractivity contribution < 1.29 is 17.4 Å². The lowest BCUT2D eigenvalue weighted by atomic mass is 10.1. The van der Waals surface area contributed by atoms with Gasteiger partial charge in [0, 0.05) is 6.21 Å². The van der Waals surface area contributed by atoms with Crippen LogP contribution in [0.3, 0.4) is 0 Å². The molecule has 0 aliphatic heterocycles. The minimum atomic E-state index is -4.38. The second-order valence-corrected chi connectivity index (χ2v) is 6.65. The Morgan fingerprint density at radius 3 is 2.33 bits per heavy atom. The first-order chi connectivity index (χ1) is 8.10. The summed E-state index contributed by atoms with van der Waals surface area (Å²) in [4.78, 5) is 0. The van der Waals surface area contributed by atoms with Crippen molar-refractivity contribution >= 4 is 17.2 Å². The van der Waals surface area contributed by atoms with E-state index < -0.39 is 27.5 Å². The van der Waals surface area contributed by atoms with Crippen molar-refractivity contribution in [3.8, 4) is 0 Å². The van der Waals surface area contributed by atoms with Crippen LogP contribution in [-0.4, -0.2) is 15.2 Å². The van der Waals surface area contributed by atoms with Gasteiger partial charge >= 0.3 is 6.18 Å². The van der Waals surface area contributed by atoms with E-state index in [-0.39, 0.29) is 5.56 Å². The van der Waals surface area contributed by atoms with Crippen LogP contribution < -0.4 is 0 Å². The first-order valence-corrected chi connectivity index (χ1v) is 6.35. The molecule has 0 spiro atoms. The van der Waals surface area contributed by atoms with Crippen LogP contribution in [0.2, 0.25) is 0 Å². The first-order valence-electron chi connectivity index (χ1n) is 5.24. The lowest BCUT2D eigenvalue weighted by molar-refractivity contribution is -0.137. The largest absolute Gasteiger partial charge is 0.416 e. The fourth-order valence-corrected chi connectivity index (χ4v) is 1.60. The molecule has 1 aromatic carbocycles. The van der Waals surface area contributed by atoms with E-state index in [1.54, 1.807) is 20.8 Å². The van der Waals surface area contributed by atoms with Gasteiger partial charge in [-0.2, -0.15) is 17.6 Å². The number of hydrogen-bond acceptors (Lipinski definition) is 1. The maximum absolute atomic E-state index is 12.5. The van der Waals surface area contributed by atoms with Crippen molar-refractivity contribution in [2.45, 2.75) is 31.7 Å². The topological polar surface area (TPSA) is 29.4 Å². The van der Waals surface area contributed by atoms with Crippen LogP contribution in [0.15, 0.2) is 28.7 Å². The molecule has 0 saturated heterocycles. The van der Waals surface area contributed by atoms with E-state index >= 15 is 0 Å². The summed E-state index contributed by atoms with van der Waals surface area (Å²) in [6, 6.07) is 4.74. The van der Waals surface area contributed by atoms with E-state index in [0.717, 1.165) is 12.1 Å². The summed E-state index contributed by atoms with van der Waals surface area (Å²) in [6.45, 7) is 5.23. The summed E-state index contributed by atoms with van der Waals surface area (Å²) in [6.07, 6.45) is -3.18. The number of rotatable bonds is 2. The average Bonchev–Trinajstić information content (AvgIpc) is 2.23. The fraction of sp³-hybridized carbons (Fsp3) is 0.417. The molecule has 1 rings (SSSR count). The van der Waals surface area contributed by atoms with Gasteiger partial charge in [-0.1, -0.05) is 12.1 Å². The SMILES string of the molecule is CC(C)(C)[S@@](=O)N=Cc1cccc(C(F)(F)F)c1. The van der Waals surface area contributed by atoms with Crippen molar-refractivity contribution in [1.82, 2.24) is 0 Å². The van der Waals surface area contributed by atoms with Gasteiger partial charge in [0.2, 0.25) is 0 Å². The van der Waals surface area contributed by atoms with Gasteiger partial charge in [-0.3, -0.25) is 0 Å². The van der Waals surface area contributed by atoms with Gasteiger partial charge in [-0.05, 0) is 38.5 Å². The Kier molecular flexibility index (Phi) is 4.32. The molecule has 100 valence electrons. The second-order valence-electron chi connectivity index (χ2n) is 4.72. The molecule has 0 radical (unpaired) electrons. The van der Waals surface area contributed by atoms with Crippen LogP contribution in [0.1, 0.15) is 31.9 Å². The zero-order valence-corrected chi connectivity index (χ0v) is 11.1. The molecule has 0 N–H and O–H groups in total. The van der Waals surface area contributed by atoms with Gasteiger partial charge in [-0.25, -0.2) is 4.21 Å². The molecule has 0 bridgehead atoms. The molecule has 0 aromatic heterocycles. The zero-order valence-electron chi connectivity index (χ0n) is 10.3. The predicted molar refractivity (Wildman–Crippen MR) is 66.9 cm³/mol. The Hall–Kier alpha value is -1.17. The smallest absolute Gasteiger partial charge is 0.234 e. The van der Waals surface area contributed by atoms with E-state index in [9.17, 15) is 17.4 Å². The maximum atomic E-state index is 12.5. The Bertz CT molecular complexity index is 475. The Morgan fingerprint density at radius 2 is 1.83 bits per heavy atom. The fourth-order valence-electron chi connectivity index (χ4n) is 1.06. The summed E-state index contributed by atoms with van der Waals surface area (Å²) < 4.78 is 52.2. The van der Waals surface area contributed by atoms with Crippen LogP contribution in [0.4, 0.5) is 13.2 Å². The molecular formula is C12H14F3NOS. The molecule has 2 nitrogen and oxygen atoms in total. The molecule has 6 heteroatoms. The van der Waals surface area contributed by atoms with Crippen LogP contribution in [0.25, 0.3) is 0 Å². The Balaban J connectivity index is 2.93. The molecule has 0 fully saturated rings. The second kappa shape index (κ2) is 5.22.